The average molecular weight is 348 g/mol. The number of halogens is 6. The third-order valence-corrected chi connectivity index (χ3v) is 2.97. The molecule has 0 saturated heterocycles. The first-order valence-corrected chi connectivity index (χ1v) is 7.33. The molecule has 0 aliphatic carbocycles. The van der Waals surface area contributed by atoms with Crippen molar-refractivity contribution in [3.63, 3.8) is 0 Å². The van der Waals surface area contributed by atoms with Gasteiger partial charge in [0.25, 0.3) is 0 Å². The summed E-state index contributed by atoms with van der Waals surface area (Å²) in [6.07, 6.45) is -4.04. The van der Waals surface area contributed by atoms with Crippen molar-refractivity contribution in [1.29, 1.82) is 0 Å². The highest BCUT2D eigenvalue weighted by atomic mass is 19.4. The molecule has 0 aromatic rings. The maximum Gasteiger partial charge on any atom is 0.448 e. The Bertz CT molecular complexity index is 326. The van der Waals surface area contributed by atoms with Crippen molar-refractivity contribution in [2.45, 2.75) is 57.3 Å². The van der Waals surface area contributed by atoms with Crippen LogP contribution in [0, 0.1) is 0 Å². The second-order valence-corrected chi connectivity index (χ2v) is 5.01. The largest absolute Gasteiger partial charge is 0.489 e. The summed E-state index contributed by atoms with van der Waals surface area (Å²) in [4.78, 5) is 0. The van der Waals surface area contributed by atoms with Crippen molar-refractivity contribution in [2.24, 2.45) is 0 Å². The Kier molecular flexibility index (Phi) is 9.83. The Morgan fingerprint density at radius 2 is 0.826 bits per heavy atom. The molecular weight excluding hydrogens is 326 g/mol. The summed E-state index contributed by atoms with van der Waals surface area (Å²) in [5.41, 5.74) is 0. The molecule has 0 fully saturated rings. The van der Waals surface area contributed by atoms with Gasteiger partial charge in [0, 0.05) is 0 Å². The lowest BCUT2D eigenvalue weighted by Gasteiger charge is -2.12. The smallest absolute Gasteiger partial charge is 0.448 e. The lowest BCUT2D eigenvalue weighted by Crippen LogP contribution is -2.14. The van der Waals surface area contributed by atoms with Crippen molar-refractivity contribution in [3.8, 4) is 0 Å². The predicted octanol–water partition coefficient (Wildman–Crippen LogP) is 5.90. The van der Waals surface area contributed by atoms with E-state index in [4.69, 9.17) is 0 Å². The number of hydrogen-bond acceptors (Lipinski definition) is 2. The van der Waals surface area contributed by atoms with Gasteiger partial charge in [0.05, 0.1) is 13.2 Å². The van der Waals surface area contributed by atoms with Gasteiger partial charge >= 0.3 is 12.4 Å². The summed E-state index contributed by atoms with van der Waals surface area (Å²) in [7, 11) is 0. The van der Waals surface area contributed by atoms with E-state index in [1.807, 2.05) is 0 Å². The molecule has 0 aromatic carbocycles. The first kappa shape index (κ1) is 21.7. The molecule has 0 spiro atoms. The molecular formula is C15H22F6O2. The minimum Gasteiger partial charge on any atom is -0.489 e. The SMILES string of the molecule is C=C(OCCCCCCCCCOC(=C)C(F)(F)F)C(F)(F)F. The van der Waals surface area contributed by atoms with Gasteiger partial charge in [0.2, 0.25) is 0 Å². The van der Waals surface area contributed by atoms with Gasteiger partial charge in [-0.05, 0) is 12.8 Å². The summed E-state index contributed by atoms with van der Waals surface area (Å²) in [5, 5.41) is 0. The van der Waals surface area contributed by atoms with Crippen LogP contribution in [0.2, 0.25) is 0 Å². The molecule has 0 aromatic heterocycles. The number of allylic oxidation sites excluding steroid dienone is 2. The Labute approximate surface area is 132 Å². The quantitative estimate of drug-likeness (QED) is 0.248. The summed E-state index contributed by atoms with van der Waals surface area (Å²) >= 11 is 0. The number of alkyl halides is 6. The molecule has 2 nitrogen and oxygen atoms in total. The fraction of sp³-hybridized carbons (Fsp3) is 0.733. The van der Waals surface area contributed by atoms with Gasteiger partial charge in [-0.2, -0.15) is 26.3 Å². The highest BCUT2D eigenvalue weighted by Gasteiger charge is 2.34. The average Bonchev–Trinajstić information content (AvgIpc) is 2.42. The molecule has 0 N–H and O–H groups in total. The molecule has 0 aliphatic heterocycles. The highest BCUT2D eigenvalue weighted by Crippen LogP contribution is 2.25. The van der Waals surface area contributed by atoms with Crippen LogP contribution in [0.25, 0.3) is 0 Å². The molecule has 23 heavy (non-hydrogen) atoms. The minimum atomic E-state index is -4.51. The Hall–Kier alpha value is -1.34. The van der Waals surface area contributed by atoms with Crippen molar-refractivity contribution < 1.29 is 35.8 Å². The molecule has 8 heteroatoms. The van der Waals surface area contributed by atoms with E-state index >= 15 is 0 Å². The van der Waals surface area contributed by atoms with E-state index in [-0.39, 0.29) is 13.2 Å². The van der Waals surface area contributed by atoms with Crippen molar-refractivity contribution >= 4 is 0 Å². The zero-order valence-electron chi connectivity index (χ0n) is 12.9. The molecule has 0 atom stereocenters. The van der Waals surface area contributed by atoms with E-state index in [1.165, 1.54) is 0 Å². The molecule has 0 amide bonds. The third-order valence-electron chi connectivity index (χ3n) is 2.97. The van der Waals surface area contributed by atoms with Gasteiger partial charge in [-0.1, -0.05) is 45.3 Å². The lowest BCUT2D eigenvalue weighted by atomic mass is 10.1. The van der Waals surface area contributed by atoms with Gasteiger partial charge in [0.1, 0.15) is 0 Å². The maximum absolute atomic E-state index is 12.0. The van der Waals surface area contributed by atoms with Gasteiger partial charge in [0.15, 0.2) is 11.5 Å². The Balaban J connectivity index is 3.35. The number of rotatable bonds is 12. The van der Waals surface area contributed by atoms with Crippen molar-refractivity contribution in [1.82, 2.24) is 0 Å². The highest BCUT2D eigenvalue weighted by molar-refractivity contribution is 4.92. The summed E-state index contributed by atoms with van der Waals surface area (Å²) < 4.78 is 81.2. The summed E-state index contributed by atoms with van der Waals surface area (Å²) in [5.74, 6) is -2.36. The second kappa shape index (κ2) is 10.4. The number of unbranched alkanes of at least 4 members (excludes halogenated alkanes) is 6. The first-order valence-electron chi connectivity index (χ1n) is 7.33. The number of hydrogen-bond donors (Lipinski definition) is 0. The van der Waals surface area contributed by atoms with Gasteiger partial charge in [-0.25, -0.2) is 0 Å². The third kappa shape index (κ3) is 11.8. The predicted molar refractivity (Wildman–Crippen MR) is 74.6 cm³/mol. The summed E-state index contributed by atoms with van der Waals surface area (Å²) in [6.45, 7) is 5.54. The summed E-state index contributed by atoms with van der Waals surface area (Å²) in [6, 6.07) is 0. The maximum atomic E-state index is 12.0. The van der Waals surface area contributed by atoms with E-state index in [2.05, 4.69) is 22.6 Å². The van der Waals surface area contributed by atoms with Crippen LogP contribution < -0.4 is 0 Å². The first-order chi connectivity index (χ1) is 10.5. The van der Waals surface area contributed by atoms with Gasteiger partial charge in [-0.3, -0.25) is 0 Å². The van der Waals surface area contributed by atoms with Crippen LogP contribution in [0.3, 0.4) is 0 Å². The van der Waals surface area contributed by atoms with Crippen LogP contribution in [0.4, 0.5) is 26.3 Å². The molecule has 136 valence electrons. The monoisotopic (exact) mass is 348 g/mol. The molecule has 0 radical (unpaired) electrons. The normalized spacial score (nSPS) is 12.1. The van der Waals surface area contributed by atoms with Crippen LogP contribution in [0.1, 0.15) is 44.9 Å². The molecule has 0 saturated carbocycles. The van der Waals surface area contributed by atoms with Crippen LogP contribution >= 0.6 is 0 Å². The molecule has 0 bridgehead atoms. The fourth-order valence-electron chi connectivity index (χ4n) is 1.64. The van der Waals surface area contributed by atoms with E-state index in [9.17, 15) is 26.3 Å². The molecule has 0 unspecified atom stereocenters. The van der Waals surface area contributed by atoms with Crippen molar-refractivity contribution in [2.75, 3.05) is 13.2 Å². The van der Waals surface area contributed by atoms with Crippen LogP contribution in [0.5, 0.6) is 0 Å². The van der Waals surface area contributed by atoms with Gasteiger partial charge in [-0.15, -0.1) is 0 Å². The molecule has 0 aliphatic rings. The lowest BCUT2D eigenvalue weighted by molar-refractivity contribution is -0.130. The zero-order chi connectivity index (χ0) is 17.9. The standard InChI is InChI=1S/C15H22F6O2/c1-12(14(16,17)18)22-10-8-6-4-3-5-7-9-11-23-13(2)15(19,20)21/h1-11H2. The van der Waals surface area contributed by atoms with E-state index in [0.717, 1.165) is 32.1 Å². The number of ether oxygens (including phenoxy) is 2. The van der Waals surface area contributed by atoms with E-state index < -0.39 is 23.9 Å². The van der Waals surface area contributed by atoms with E-state index in [0.29, 0.717) is 12.8 Å². The Morgan fingerprint density at radius 3 is 1.09 bits per heavy atom. The molecule has 0 rings (SSSR count). The van der Waals surface area contributed by atoms with Crippen LogP contribution in [-0.2, 0) is 9.47 Å². The van der Waals surface area contributed by atoms with Crippen molar-refractivity contribution in [3.05, 3.63) is 24.7 Å². The van der Waals surface area contributed by atoms with E-state index in [1.54, 1.807) is 0 Å². The second-order valence-electron chi connectivity index (χ2n) is 5.01. The van der Waals surface area contributed by atoms with Crippen LogP contribution in [0.15, 0.2) is 24.7 Å². The van der Waals surface area contributed by atoms with Crippen LogP contribution in [-0.4, -0.2) is 25.6 Å². The molecule has 0 heterocycles. The topological polar surface area (TPSA) is 18.5 Å². The van der Waals surface area contributed by atoms with Gasteiger partial charge < -0.3 is 9.47 Å². The zero-order valence-corrected chi connectivity index (χ0v) is 12.9. The Morgan fingerprint density at radius 1 is 0.565 bits per heavy atom. The minimum absolute atomic E-state index is 0.0221. The fourth-order valence-corrected chi connectivity index (χ4v) is 1.64.